The zero-order chi connectivity index (χ0) is 12.4. The molecule has 17 heavy (non-hydrogen) atoms. The molecule has 1 aromatic heterocycles. The monoisotopic (exact) mass is 286 g/mol. The molecule has 0 aliphatic heterocycles. The first-order chi connectivity index (χ1) is 8.08. The predicted octanol–water partition coefficient (Wildman–Crippen LogP) is 3.89. The molecule has 0 atom stereocenters. The van der Waals surface area contributed by atoms with E-state index in [2.05, 4.69) is 5.32 Å². The fourth-order valence-corrected chi connectivity index (χ4v) is 2.28. The first-order valence-electron chi connectivity index (χ1n) is 4.67. The maximum atomic E-state index is 11.8. The van der Waals surface area contributed by atoms with Crippen LogP contribution in [-0.4, -0.2) is 5.91 Å². The van der Waals surface area contributed by atoms with Crippen molar-refractivity contribution in [3.8, 4) is 0 Å². The van der Waals surface area contributed by atoms with E-state index in [1.807, 2.05) is 0 Å². The summed E-state index contributed by atoms with van der Waals surface area (Å²) in [6.07, 6.45) is 0. The van der Waals surface area contributed by atoms with Crippen LogP contribution in [0.4, 0.5) is 11.4 Å². The summed E-state index contributed by atoms with van der Waals surface area (Å²) in [6, 6.07) is 6.58. The number of nitrogen functional groups attached to an aromatic ring is 1. The lowest BCUT2D eigenvalue weighted by Crippen LogP contribution is -2.11. The van der Waals surface area contributed by atoms with Gasteiger partial charge >= 0.3 is 0 Å². The zero-order valence-electron chi connectivity index (χ0n) is 8.54. The van der Waals surface area contributed by atoms with Crippen LogP contribution in [0.3, 0.4) is 0 Å². The highest BCUT2D eigenvalue weighted by molar-refractivity contribution is 7.12. The molecule has 6 heteroatoms. The Morgan fingerprint density at radius 2 is 2.00 bits per heavy atom. The van der Waals surface area contributed by atoms with Gasteiger partial charge in [0.15, 0.2) is 0 Å². The molecule has 0 saturated heterocycles. The van der Waals surface area contributed by atoms with Crippen LogP contribution >= 0.6 is 34.5 Å². The molecule has 0 aliphatic rings. The van der Waals surface area contributed by atoms with Crippen LogP contribution in [0.5, 0.6) is 0 Å². The standard InChI is InChI=1S/C11H8Cl2N2OS/c12-7-2-1-6(5-8(7)13)15-11(16)10-9(14)3-4-17-10/h1-5H,14H2,(H,15,16). The molecule has 3 N–H and O–H groups in total. The number of carbonyl (C=O) groups excluding carboxylic acids is 1. The molecule has 2 rings (SSSR count). The highest BCUT2D eigenvalue weighted by atomic mass is 35.5. The minimum absolute atomic E-state index is 0.254. The second kappa shape index (κ2) is 4.96. The second-order valence-electron chi connectivity index (χ2n) is 3.29. The highest BCUT2D eigenvalue weighted by Crippen LogP contribution is 2.26. The number of nitrogens with one attached hydrogen (secondary N) is 1. The van der Waals surface area contributed by atoms with Crippen molar-refractivity contribution >= 4 is 51.8 Å². The van der Waals surface area contributed by atoms with Crippen molar-refractivity contribution in [1.29, 1.82) is 0 Å². The molecular weight excluding hydrogens is 279 g/mol. The minimum atomic E-state index is -0.254. The summed E-state index contributed by atoms with van der Waals surface area (Å²) in [6.45, 7) is 0. The number of amides is 1. The Hall–Kier alpha value is -1.23. The Bertz CT molecular complexity index is 568. The Labute approximate surface area is 112 Å². The largest absolute Gasteiger partial charge is 0.397 e. The Balaban J connectivity index is 2.19. The number of hydrogen-bond acceptors (Lipinski definition) is 3. The summed E-state index contributed by atoms with van der Waals surface area (Å²) >= 11 is 12.9. The lowest BCUT2D eigenvalue weighted by atomic mass is 10.3. The lowest BCUT2D eigenvalue weighted by Gasteiger charge is -2.05. The van der Waals surface area contributed by atoms with Crippen LogP contribution in [-0.2, 0) is 0 Å². The van der Waals surface area contributed by atoms with Gasteiger partial charge in [-0.3, -0.25) is 4.79 Å². The average molecular weight is 287 g/mol. The van der Waals surface area contributed by atoms with Gasteiger partial charge in [-0.05, 0) is 29.6 Å². The van der Waals surface area contributed by atoms with Crippen LogP contribution in [0.15, 0.2) is 29.6 Å². The molecule has 0 unspecified atom stereocenters. The highest BCUT2D eigenvalue weighted by Gasteiger charge is 2.11. The first-order valence-corrected chi connectivity index (χ1v) is 6.31. The number of thiophene rings is 1. The van der Waals surface area contributed by atoms with Gasteiger partial charge in [0, 0.05) is 5.69 Å². The fourth-order valence-electron chi connectivity index (χ4n) is 1.27. The molecule has 0 fully saturated rings. The molecule has 1 amide bonds. The van der Waals surface area contributed by atoms with Gasteiger partial charge < -0.3 is 11.1 Å². The third-order valence-corrected chi connectivity index (χ3v) is 3.75. The fraction of sp³-hybridized carbons (Fsp3) is 0. The minimum Gasteiger partial charge on any atom is -0.397 e. The van der Waals surface area contributed by atoms with Gasteiger partial charge in [-0.2, -0.15) is 0 Å². The number of hydrogen-bond donors (Lipinski definition) is 2. The van der Waals surface area contributed by atoms with E-state index >= 15 is 0 Å². The maximum absolute atomic E-state index is 11.8. The molecule has 0 spiro atoms. The molecule has 0 aliphatic carbocycles. The Morgan fingerprint density at radius 1 is 1.24 bits per heavy atom. The quantitative estimate of drug-likeness (QED) is 0.880. The molecule has 0 bridgehead atoms. The van der Waals surface area contributed by atoms with Gasteiger partial charge in [0.05, 0.1) is 15.7 Å². The van der Waals surface area contributed by atoms with E-state index in [-0.39, 0.29) is 5.91 Å². The smallest absolute Gasteiger partial charge is 0.267 e. The normalized spacial score (nSPS) is 10.2. The van der Waals surface area contributed by atoms with E-state index in [0.29, 0.717) is 26.3 Å². The molecule has 2 aromatic rings. The number of rotatable bonds is 2. The van der Waals surface area contributed by atoms with Gasteiger partial charge in [0.1, 0.15) is 4.88 Å². The number of benzene rings is 1. The lowest BCUT2D eigenvalue weighted by molar-refractivity contribution is 0.103. The van der Waals surface area contributed by atoms with Crippen LogP contribution in [0.25, 0.3) is 0 Å². The number of halogens is 2. The van der Waals surface area contributed by atoms with Crippen LogP contribution in [0.1, 0.15) is 9.67 Å². The van der Waals surface area contributed by atoms with Crippen molar-refractivity contribution in [3.05, 3.63) is 44.6 Å². The van der Waals surface area contributed by atoms with Crippen molar-refractivity contribution in [2.24, 2.45) is 0 Å². The van der Waals surface area contributed by atoms with Crippen LogP contribution < -0.4 is 11.1 Å². The van der Waals surface area contributed by atoms with Gasteiger partial charge in [0.25, 0.3) is 5.91 Å². The van der Waals surface area contributed by atoms with E-state index in [4.69, 9.17) is 28.9 Å². The van der Waals surface area contributed by atoms with Crippen LogP contribution in [0.2, 0.25) is 10.0 Å². The predicted molar refractivity (Wildman–Crippen MR) is 73.1 cm³/mol. The van der Waals surface area contributed by atoms with Gasteiger partial charge in [0.2, 0.25) is 0 Å². The first kappa shape index (κ1) is 12.2. The van der Waals surface area contributed by atoms with E-state index in [9.17, 15) is 4.79 Å². The van der Waals surface area contributed by atoms with Crippen molar-refractivity contribution in [1.82, 2.24) is 0 Å². The molecular formula is C11H8Cl2N2OS. The van der Waals surface area contributed by atoms with Gasteiger partial charge in [-0.1, -0.05) is 23.2 Å². The van der Waals surface area contributed by atoms with Crippen molar-refractivity contribution in [2.75, 3.05) is 11.1 Å². The van der Waals surface area contributed by atoms with Gasteiger partial charge in [-0.25, -0.2) is 0 Å². The number of anilines is 2. The summed E-state index contributed by atoms with van der Waals surface area (Å²) < 4.78 is 0. The SMILES string of the molecule is Nc1ccsc1C(=O)Nc1ccc(Cl)c(Cl)c1. The number of nitrogens with two attached hydrogens (primary N) is 1. The number of carbonyl (C=O) groups is 1. The molecule has 1 aromatic carbocycles. The van der Waals surface area contributed by atoms with Crippen molar-refractivity contribution < 1.29 is 4.79 Å². The van der Waals surface area contributed by atoms with Gasteiger partial charge in [-0.15, -0.1) is 11.3 Å². The molecule has 1 heterocycles. The third-order valence-electron chi connectivity index (χ3n) is 2.08. The molecule has 88 valence electrons. The average Bonchev–Trinajstić information content (AvgIpc) is 2.70. The second-order valence-corrected chi connectivity index (χ2v) is 5.02. The van der Waals surface area contributed by atoms with E-state index in [0.717, 1.165) is 0 Å². The summed E-state index contributed by atoms with van der Waals surface area (Å²) in [7, 11) is 0. The topological polar surface area (TPSA) is 55.1 Å². The summed E-state index contributed by atoms with van der Waals surface area (Å²) in [5.41, 5.74) is 6.70. The molecule has 0 radical (unpaired) electrons. The molecule has 3 nitrogen and oxygen atoms in total. The Morgan fingerprint density at radius 3 is 2.59 bits per heavy atom. The summed E-state index contributed by atoms with van der Waals surface area (Å²) in [4.78, 5) is 12.3. The summed E-state index contributed by atoms with van der Waals surface area (Å²) in [5.74, 6) is -0.254. The third kappa shape index (κ3) is 2.72. The molecule has 0 saturated carbocycles. The summed E-state index contributed by atoms with van der Waals surface area (Å²) in [5, 5.41) is 5.30. The van der Waals surface area contributed by atoms with Crippen molar-refractivity contribution in [2.45, 2.75) is 0 Å². The van der Waals surface area contributed by atoms with Crippen LogP contribution in [0, 0.1) is 0 Å². The van der Waals surface area contributed by atoms with E-state index in [1.165, 1.54) is 11.3 Å². The maximum Gasteiger partial charge on any atom is 0.267 e. The van der Waals surface area contributed by atoms with E-state index < -0.39 is 0 Å². The Kier molecular flexibility index (Phi) is 3.57. The van der Waals surface area contributed by atoms with Crippen molar-refractivity contribution in [3.63, 3.8) is 0 Å². The zero-order valence-corrected chi connectivity index (χ0v) is 10.9. The van der Waals surface area contributed by atoms with E-state index in [1.54, 1.807) is 29.6 Å².